The second-order valence-corrected chi connectivity index (χ2v) is 6.96. The molecule has 0 saturated carbocycles. The molecule has 19 heavy (non-hydrogen) atoms. The summed E-state index contributed by atoms with van der Waals surface area (Å²) in [6.45, 7) is 8.62. The van der Waals surface area contributed by atoms with Crippen molar-refractivity contribution < 1.29 is 0 Å². The standard InChI is InChI=1S/C17H21NS/c1-13-5-9-15(10-6-13)19-16-11-7-14(8-12-16)18-17(2,3)4/h5-12,18H,1-4H3. The lowest BCUT2D eigenvalue weighted by Gasteiger charge is -2.22. The highest BCUT2D eigenvalue weighted by Crippen LogP contribution is 2.29. The molecule has 0 aromatic heterocycles. The fourth-order valence-corrected chi connectivity index (χ4v) is 2.60. The van der Waals surface area contributed by atoms with Crippen molar-refractivity contribution in [2.75, 3.05) is 5.32 Å². The largest absolute Gasteiger partial charge is 0.380 e. The maximum atomic E-state index is 3.47. The van der Waals surface area contributed by atoms with Gasteiger partial charge in [0.05, 0.1) is 0 Å². The van der Waals surface area contributed by atoms with E-state index in [1.807, 2.05) is 0 Å². The Bertz CT molecular complexity index is 521. The highest BCUT2D eigenvalue weighted by atomic mass is 32.2. The highest BCUT2D eigenvalue weighted by molar-refractivity contribution is 7.99. The van der Waals surface area contributed by atoms with Crippen LogP contribution in [-0.4, -0.2) is 5.54 Å². The number of anilines is 1. The van der Waals surface area contributed by atoms with Gasteiger partial charge in [-0.15, -0.1) is 0 Å². The summed E-state index contributed by atoms with van der Waals surface area (Å²) >= 11 is 1.80. The number of benzene rings is 2. The van der Waals surface area contributed by atoms with Crippen LogP contribution in [0.4, 0.5) is 5.69 Å². The van der Waals surface area contributed by atoms with Gasteiger partial charge in [0.25, 0.3) is 0 Å². The molecule has 0 aliphatic rings. The van der Waals surface area contributed by atoms with Gasteiger partial charge in [0, 0.05) is 21.0 Å². The average Bonchev–Trinajstić information content (AvgIpc) is 2.33. The van der Waals surface area contributed by atoms with Crippen LogP contribution in [0, 0.1) is 6.92 Å². The zero-order valence-electron chi connectivity index (χ0n) is 12.0. The van der Waals surface area contributed by atoms with Gasteiger partial charge in [0.1, 0.15) is 0 Å². The molecule has 100 valence electrons. The Morgan fingerprint density at radius 1 is 0.789 bits per heavy atom. The molecule has 0 aliphatic heterocycles. The van der Waals surface area contributed by atoms with Gasteiger partial charge in [-0.25, -0.2) is 0 Å². The van der Waals surface area contributed by atoms with Crippen LogP contribution in [-0.2, 0) is 0 Å². The molecule has 0 atom stereocenters. The number of nitrogens with one attached hydrogen (secondary N) is 1. The van der Waals surface area contributed by atoms with Crippen molar-refractivity contribution in [2.45, 2.75) is 43.0 Å². The van der Waals surface area contributed by atoms with Crippen LogP contribution in [0.5, 0.6) is 0 Å². The van der Waals surface area contributed by atoms with E-state index >= 15 is 0 Å². The van der Waals surface area contributed by atoms with Crippen molar-refractivity contribution in [2.24, 2.45) is 0 Å². The maximum absolute atomic E-state index is 3.47. The summed E-state index contributed by atoms with van der Waals surface area (Å²) in [7, 11) is 0. The summed E-state index contributed by atoms with van der Waals surface area (Å²) in [4.78, 5) is 2.55. The minimum absolute atomic E-state index is 0.103. The molecule has 0 heterocycles. The first-order chi connectivity index (χ1) is 8.92. The van der Waals surface area contributed by atoms with Crippen LogP contribution in [0.3, 0.4) is 0 Å². The second-order valence-electron chi connectivity index (χ2n) is 5.81. The number of hydrogen-bond acceptors (Lipinski definition) is 2. The zero-order chi connectivity index (χ0) is 13.9. The van der Waals surface area contributed by atoms with Crippen LogP contribution in [0.15, 0.2) is 58.3 Å². The van der Waals surface area contributed by atoms with E-state index in [1.165, 1.54) is 21.0 Å². The molecule has 2 rings (SSSR count). The molecule has 0 radical (unpaired) electrons. The molecule has 0 unspecified atom stereocenters. The van der Waals surface area contributed by atoms with Gasteiger partial charge in [-0.05, 0) is 64.1 Å². The van der Waals surface area contributed by atoms with Crippen LogP contribution in [0.25, 0.3) is 0 Å². The highest BCUT2D eigenvalue weighted by Gasteiger charge is 2.08. The first-order valence-corrected chi connectivity index (χ1v) is 7.37. The van der Waals surface area contributed by atoms with E-state index < -0.39 is 0 Å². The van der Waals surface area contributed by atoms with E-state index in [1.54, 1.807) is 11.8 Å². The first kappa shape index (κ1) is 14.0. The van der Waals surface area contributed by atoms with Gasteiger partial charge in [0.15, 0.2) is 0 Å². The van der Waals surface area contributed by atoms with Crippen LogP contribution >= 0.6 is 11.8 Å². The van der Waals surface area contributed by atoms with Crippen molar-refractivity contribution in [1.82, 2.24) is 0 Å². The molecular formula is C17H21NS. The Kier molecular flexibility index (Phi) is 4.20. The van der Waals surface area contributed by atoms with Crippen LogP contribution in [0.2, 0.25) is 0 Å². The van der Waals surface area contributed by atoms with Crippen molar-refractivity contribution in [3.8, 4) is 0 Å². The lowest BCUT2D eigenvalue weighted by molar-refractivity contribution is 0.634. The van der Waals surface area contributed by atoms with Gasteiger partial charge >= 0.3 is 0 Å². The number of aryl methyl sites for hydroxylation is 1. The Morgan fingerprint density at radius 3 is 1.74 bits per heavy atom. The molecule has 2 aromatic carbocycles. The Hall–Kier alpha value is -1.41. The Balaban J connectivity index is 2.04. The molecule has 0 aliphatic carbocycles. The number of rotatable bonds is 3. The van der Waals surface area contributed by atoms with E-state index in [4.69, 9.17) is 0 Å². The summed E-state index contributed by atoms with van der Waals surface area (Å²) in [6.07, 6.45) is 0. The van der Waals surface area contributed by atoms with Gasteiger partial charge in [-0.3, -0.25) is 0 Å². The SMILES string of the molecule is Cc1ccc(Sc2ccc(NC(C)(C)C)cc2)cc1. The molecule has 0 amide bonds. The van der Waals surface area contributed by atoms with Crippen molar-refractivity contribution in [3.63, 3.8) is 0 Å². The lowest BCUT2D eigenvalue weighted by atomic mass is 10.1. The van der Waals surface area contributed by atoms with Gasteiger partial charge in [-0.2, -0.15) is 0 Å². The second kappa shape index (κ2) is 5.70. The molecule has 0 spiro atoms. The van der Waals surface area contributed by atoms with E-state index in [2.05, 4.69) is 81.5 Å². The fourth-order valence-electron chi connectivity index (χ4n) is 1.78. The zero-order valence-corrected chi connectivity index (χ0v) is 12.8. The third-order valence-corrected chi connectivity index (χ3v) is 3.65. The van der Waals surface area contributed by atoms with Gasteiger partial charge in [0.2, 0.25) is 0 Å². The molecule has 1 N–H and O–H groups in total. The molecule has 0 bridgehead atoms. The molecule has 2 heteroatoms. The third kappa shape index (κ3) is 4.64. The summed E-state index contributed by atoms with van der Waals surface area (Å²) in [6, 6.07) is 17.2. The predicted molar refractivity (Wildman–Crippen MR) is 85.1 cm³/mol. The normalized spacial score (nSPS) is 11.4. The van der Waals surface area contributed by atoms with E-state index in [9.17, 15) is 0 Å². The Labute approximate surface area is 120 Å². The molecule has 0 saturated heterocycles. The van der Waals surface area contributed by atoms with Crippen LogP contribution < -0.4 is 5.32 Å². The molecule has 0 fully saturated rings. The van der Waals surface area contributed by atoms with Crippen molar-refractivity contribution in [3.05, 3.63) is 54.1 Å². The van der Waals surface area contributed by atoms with Crippen molar-refractivity contribution in [1.29, 1.82) is 0 Å². The van der Waals surface area contributed by atoms with Gasteiger partial charge < -0.3 is 5.32 Å². The first-order valence-electron chi connectivity index (χ1n) is 6.55. The minimum atomic E-state index is 0.103. The smallest absolute Gasteiger partial charge is 0.0344 e. The van der Waals surface area contributed by atoms with E-state index in [0.717, 1.165) is 0 Å². The predicted octanol–water partition coefficient (Wildman–Crippen LogP) is 5.36. The topological polar surface area (TPSA) is 12.0 Å². The van der Waals surface area contributed by atoms with E-state index in [0.29, 0.717) is 0 Å². The molecular weight excluding hydrogens is 250 g/mol. The van der Waals surface area contributed by atoms with Crippen LogP contribution in [0.1, 0.15) is 26.3 Å². The maximum Gasteiger partial charge on any atom is 0.0344 e. The fraction of sp³-hybridized carbons (Fsp3) is 0.294. The quantitative estimate of drug-likeness (QED) is 0.807. The average molecular weight is 271 g/mol. The van der Waals surface area contributed by atoms with Crippen molar-refractivity contribution >= 4 is 17.4 Å². The monoisotopic (exact) mass is 271 g/mol. The Morgan fingerprint density at radius 2 is 1.26 bits per heavy atom. The number of hydrogen-bond donors (Lipinski definition) is 1. The molecule has 2 aromatic rings. The third-order valence-electron chi connectivity index (χ3n) is 2.63. The summed E-state index contributed by atoms with van der Waals surface area (Å²) in [5.74, 6) is 0. The van der Waals surface area contributed by atoms with Gasteiger partial charge in [-0.1, -0.05) is 29.5 Å². The summed E-state index contributed by atoms with van der Waals surface area (Å²) < 4.78 is 0. The molecule has 1 nitrogen and oxygen atoms in total. The van der Waals surface area contributed by atoms with E-state index in [-0.39, 0.29) is 5.54 Å². The summed E-state index contributed by atoms with van der Waals surface area (Å²) in [5.41, 5.74) is 2.57. The summed E-state index contributed by atoms with van der Waals surface area (Å²) in [5, 5.41) is 3.47. The minimum Gasteiger partial charge on any atom is -0.380 e. The lowest BCUT2D eigenvalue weighted by Crippen LogP contribution is -2.25.